The molecule has 0 spiro atoms. The number of aliphatic hydroxyl groups excluding tert-OH is 1. The molecule has 6 aromatic rings. The van der Waals surface area contributed by atoms with Gasteiger partial charge in [-0.25, -0.2) is 0 Å². The van der Waals surface area contributed by atoms with Crippen LogP contribution in [0.1, 0.15) is 56.9 Å². The molecule has 10 nitrogen and oxygen atoms in total. The average Bonchev–Trinajstić information content (AvgIpc) is 3.37. The molecule has 2 heterocycles. The lowest BCUT2D eigenvalue weighted by atomic mass is 9.94. The molecule has 1 N–H and O–H groups in total. The molecular weight excluding hydrogens is 885 g/mol. The molecule has 0 aromatic heterocycles. The average molecular weight is 953 g/mol. The zero-order chi connectivity index (χ0) is 48.2. The first kappa shape index (κ1) is 50.4. The molecule has 69 heavy (non-hydrogen) atoms. The lowest BCUT2D eigenvalue weighted by Crippen LogP contribution is -2.68. The van der Waals surface area contributed by atoms with E-state index in [1.165, 1.54) is 0 Å². The third-order valence-corrected chi connectivity index (χ3v) is 18.3. The highest BCUT2D eigenvalue weighted by atomic mass is 28.4. The van der Waals surface area contributed by atoms with Gasteiger partial charge in [0.15, 0.2) is 6.29 Å². The summed E-state index contributed by atoms with van der Waals surface area (Å²) in [6, 6.07) is 58.8. The fourth-order valence-electron chi connectivity index (χ4n) is 9.64. The molecule has 0 aliphatic carbocycles. The minimum Gasteiger partial charge on any atom is -0.497 e. The summed E-state index contributed by atoms with van der Waals surface area (Å²) in [5, 5.41) is 14.6. The van der Waals surface area contributed by atoms with Gasteiger partial charge in [0, 0.05) is 0 Å². The van der Waals surface area contributed by atoms with Crippen LogP contribution in [0.5, 0.6) is 5.75 Å². The maximum Gasteiger partial charge on any atom is 0.261 e. The van der Waals surface area contributed by atoms with Gasteiger partial charge in [0.05, 0.1) is 52.4 Å². The molecule has 0 radical (unpaired) electrons. The van der Waals surface area contributed by atoms with Gasteiger partial charge in [-0.05, 0) is 63.6 Å². The summed E-state index contributed by atoms with van der Waals surface area (Å²) < 4.78 is 61.0. The molecule has 0 amide bonds. The van der Waals surface area contributed by atoms with Gasteiger partial charge < -0.3 is 47.4 Å². The molecule has 0 bridgehead atoms. The molecule has 2 aliphatic heterocycles. The normalized spacial score (nSPS) is 25.3. The molecule has 2 saturated heterocycles. The molecular formula is C58H68O10Si. The topological polar surface area (TPSA) is 103 Å². The number of aliphatic hydroxyl groups is 1. The van der Waals surface area contributed by atoms with Crippen LogP contribution in [0.3, 0.4) is 0 Å². The molecule has 364 valence electrons. The summed E-state index contributed by atoms with van der Waals surface area (Å²) in [4.78, 5) is 0. The zero-order valence-corrected chi connectivity index (χ0v) is 41.7. The second kappa shape index (κ2) is 23.7. The first-order valence-electron chi connectivity index (χ1n) is 24.1. The van der Waals surface area contributed by atoms with Gasteiger partial charge in [-0.15, -0.1) is 0 Å². The second-order valence-corrected chi connectivity index (χ2v) is 23.4. The monoisotopic (exact) mass is 952 g/mol. The predicted molar refractivity (Wildman–Crippen MR) is 270 cm³/mol. The van der Waals surface area contributed by atoms with E-state index < -0.39 is 69.5 Å². The Morgan fingerprint density at radius 2 is 0.884 bits per heavy atom. The predicted octanol–water partition coefficient (Wildman–Crippen LogP) is 9.19. The number of hydrogen-bond acceptors (Lipinski definition) is 10. The van der Waals surface area contributed by atoms with Crippen LogP contribution in [0.2, 0.25) is 5.04 Å². The van der Waals surface area contributed by atoms with Crippen molar-refractivity contribution in [1.82, 2.24) is 0 Å². The van der Waals surface area contributed by atoms with E-state index in [1.54, 1.807) is 7.11 Å². The Morgan fingerprint density at radius 3 is 1.35 bits per heavy atom. The quantitative estimate of drug-likeness (QED) is 0.0746. The van der Waals surface area contributed by atoms with Crippen molar-refractivity contribution < 1.29 is 47.4 Å². The number of hydrogen-bond donors (Lipinski definition) is 1. The van der Waals surface area contributed by atoms with Gasteiger partial charge in [0.1, 0.15) is 48.5 Å². The lowest BCUT2D eigenvalue weighted by Gasteiger charge is -2.49. The molecule has 11 heteroatoms. The Hall–Kier alpha value is -5.02. The van der Waals surface area contributed by atoms with Crippen molar-refractivity contribution in [3.63, 3.8) is 0 Å². The molecule has 0 saturated carbocycles. The van der Waals surface area contributed by atoms with Crippen molar-refractivity contribution in [2.45, 2.75) is 127 Å². The summed E-state index contributed by atoms with van der Waals surface area (Å²) in [5.74, 6) is 0.737. The fraction of sp³-hybridized carbons (Fsp3) is 0.379. The first-order chi connectivity index (χ1) is 33.5. The highest BCUT2D eigenvalue weighted by Gasteiger charge is 2.54. The van der Waals surface area contributed by atoms with Crippen LogP contribution < -0.4 is 15.1 Å². The van der Waals surface area contributed by atoms with Crippen LogP contribution in [-0.4, -0.2) is 88.4 Å². The van der Waals surface area contributed by atoms with E-state index in [2.05, 4.69) is 69.3 Å². The van der Waals surface area contributed by atoms with E-state index in [0.29, 0.717) is 13.2 Å². The van der Waals surface area contributed by atoms with E-state index in [9.17, 15) is 5.11 Å². The smallest absolute Gasteiger partial charge is 0.261 e. The molecule has 2 aliphatic rings. The van der Waals surface area contributed by atoms with Gasteiger partial charge >= 0.3 is 0 Å². The molecule has 2 fully saturated rings. The van der Waals surface area contributed by atoms with Crippen LogP contribution >= 0.6 is 0 Å². The molecule has 10 atom stereocenters. The standard InChI is InChI=1S/C58H68O10Si/c1-41-52(61-36-43-22-12-7-13-23-43)55(63-37-44-24-14-8-15-25-44)56(64-38-45-26-16-9-17-27-45)57(67-41)68-53-42(2)66-50(51(59)54(53)62-39-46-32-34-47(60-6)35-33-46)40-65-69(58(3,4)5,48-28-18-10-19-29-48)49-30-20-11-21-31-49/h7-35,41-42,50-57,59H,36-40H2,1-6H3. The van der Waals surface area contributed by atoms with Crippen LogP contribution in [0.25, 0.3) is 0 Å². The summed E-state index contributed by atoms with van der Waals surface area (Å²) in [6.45, 7) is 11.9. The summed E-state index contributed by atoms with van der Waals surface area (Å²) in [5.41, 5.74) is 3.92. The third kappa shape index (κ3) is 12.3. The first-order valence-corrected chi connectivity index (χ1v) is 26.1. The van der Waals surface area contributed by atoms with E-state index in [-0.39, 0.29) is 24.9 Å². The summed E-state index contributed by atoms with van der Waals surface area (Å²) in [6.07, 6.45) is -7.66. The molecule has 10 unspecified atom stereocenters. The lowest BCUT2D eigenvalue weighted by molar-refractivity contribution is -0.354. The van der Waals surface area contributed by atoms with Crippen LogP contribution in [0.4, 0.5) is 0 Å². The Morgan fingerprint density at radius 1 is 0.478 bits per heavy atom. The van der Waals surface area contributed by atoms with Gasteiger partial charge in [0.25, 0.3) is 8.32 Å². The Balaban J connectivity index is 1.11. The van der Waals surface area contributed by atoms with Crippen LogP contribution in [0, 0.1) is 0 Å². The van der Waals surface area contributed by atoms with Gasteiger partial charge in [-0.3, -0.25) is 0 Å². The summed E-state index contributed by atoms with van der Waals surface area (Å²) >= 11 is 0. The van der Waals surface area contributed by atoms with E-state index in [4.69, 9.17) is 42.3 Å². The van der Waals surface area contributed by atoms with Crippen molar-refractivity contribution in [1.29, 1.82) is 0 Å². The Kier molecular flexibility index (Phi) is 17.3. The van der Waals surface area contributed by atoms with E-state index >= 15 is 0 Å². The zero-order valence-electron chi connectivity index (χ0n) is 40.7. The number of benzene rings is 6. The number of methoxy groups -OCH3 is 1. The summed E-state index contributed by atoms with van der Waals surface area (Å²) in [7, 11) is -1.37. The van der Waals surface area contributed by atoms with Crippen molar-refractivity contribution >= 4 is 18.7 Å². The van der Waals surface area contributed by atoms with Crippen molar-refractivity contribution in [3.8, 4) is 5.75 Å². The minimum atomic E-state index is -3.01. The van der Waals surface area contributed by atoms with Gasteiger partial charge in [0.2, 0.25) is 0 Å². The fourth-order valence-corrected chi connectivity index (χ4v) is 14.2. The maximum atomic E-state index is 12.7. The minimum absolute atomic E-state index is 0.115. The largest absolute Gasteiger partial charge is 0.497 e. The number of rotatable bonds is 20. The van der Waals surface area contributed by atoms with Crippen molar-refractivity contribution in [2.24, 2.45) is 0 Å². The Bertz CT molecular complexity index is 2370. The second-order valence-electron chi connectivity index (χ2n) is 19.1. The highest BCUT2D eigenvalue weighted by molar-refractivity contribution is 6.99. The Labute approximate surface area is 409 Å². The van der Waals surface area contributed by atoms with E-state index in [1.807, 2.05) is 141 Å². The molecule has 8 rings (SSSR count). The van der Waals surface area contributed by atoms with Gasteiger partial charge in [-0.1, -0.05) is 185 Å². The van der Waals surface area contributed by atoms with E-state index in [0.717, 1.165) is 38.4 Å². The number of ether oxygens (including phenoxy) is 8. The highest BCUT2D eigenvalue weighted by Crippen LogP contribution is 2.39. The third-order valence-electron chi connectivity index (χ3n) is 13.3. The van der Waals surface area contributed by atoms with Gasteiger partial charge in [-0.2, -0.15) is 0 Å². The van der Waals surface area contributed by atoms with Crippen LogP contribution in [-0.2, 0) is 64.0 Å². The molecule has 6 aromatic carbocycles. The maximum absolute atomic E-state index is 12.7. The SMILES string of the molecule is COc1ccc(COC2C(O)C(CO[Si](c3ccccc3)(c3ccccc3)C(C)(C)C)OC(C)C2OC2OC(C)C(OCc3ccccc3)C(OCc3ccccc3)C2OCc2ccccc2)cc1. The van der Waals surface area contributed by atoms with Crippen molar-refractivity contribution in [3.05, 3.63) is 198 Å². The van der Waals surface area contributed by atoms with Crippen LogP contribution in [0.15, 0.2) is 176 Å². The van der Waals surface area contributed by atoms with Crippen molar-refractivity contribution in [2.75, 3.05) is 13.7 Å².